The first kappa shape index (κ1) is 23.3. The summed E-state index contributed by atoms with van der Waals surface area (Å²) in [6, 6.07) is 12.8. The summed E-state index contributed by atoms with van der Waals surface area (Å²) in [7, 11) is 0. The van der Waals surface area contributed by atoms with E-state index >= 15 is 0 Å². The van der Waals surface area contributed by atoms with Crippen molar-refractivity contribution in [2.45, 2.75) is 32.0 Å². The van der Waals surface area contributed by atoms with Crippen molar-refractivity contribution < 1.29 is 18.7 Å². The van der Waals surface area contributed by atoms with Crippen LogP contribution in [0.4, 0.5) is 9.18 Å². The second-order valence-electron chi connectivity index (χ2n) is 7.02. The molecule has 0 unspecified atom stereocenters. The molecule has 0 atom stereocenters. The van der Waals surface area contributed by atoms with Gasteiger partial charge in [-0.25, -0.2) is 9.18 Å². The summed E-state index contributed by atoms with van der Waals surface area (Å²) in [5.41, 5.74) is 0.957. The molecular weight excluding hydrogens is 433 g/mol. The number of benzene rings is 2. The Kier molecular flexibility index (Phi) is 7.82. The number of rotatable bonds is 8. The smallest absolute Gasteiger partial charge is 0.321 e. The number of ether oxygens (including phenoxy) is 1. The molecular formula is C22H24FN5O3S. The minimum Gasteiger partial charge on any atom is -0.494 e. The van der Waals surface area contributed by atoms with Crippen LogP contribution in [-0.2, 0) is 4.79 Å². The first-order chi connectivity index (χ1) is 15.4. The summed E-state index contributed by atoms with van der Waals surface area (Å²) in [4.78, 5) is 23.9. The van der Waals surface area contributed by atoms with Gasteiger partial charge in [0, 0.05) is 11.6 Å². The molecule has 3 amide bonds. The molecule has 1 heterocycles. The van der Waals surface area contributed by atoms with Crippen molar-refractivity contribution in [2.24, 2.45) is 0 Å². The van der Waals surface area contributed by atoms with Crippen LogP contribution >= 0.6 is 11.8 Å². The van der Waals surface area contributed by atoms with Crippen molar-refractivity contribution in [1.82, 2.24) is 25.4 Å². The third-order valence-electron chi connectivity index (χ3n) is 4.16. The molecule has 0 spiro atoms. The topological polar surface area (TPSA) is 98.1 Å². The molecule has 168 valence electrons. The van der Waals surface area contributed by atoms with E-state index in [9.17, 15) is 14.0 Å². The van der Waals surface area contributed by atoms with Gasteiger partial charge in [0.15, 0.2) is 11.0 Å². The molecule has 0 saturated heterocycles. The van der Waals surface area contributed by atoms with Crippen LogP contribution in [0.3, 0.4) is 0 Å². The SMILES string of the molecule is CCOc1ccc(-c2nnc(SCC(=O)NC(=O)NC(C)C)n2-c2ccccc2F)cc1. The number of urea groups is 1. The van der Waals surface area contributed by atoms with E-state index in [1.165, 1.54) is 6.07 Å². The van der Waals surface area contributed by atoms with Crippen molar-refractivity contribution in [3.05, 3.63) is 54.3 Å². The minimum absolute atomic E-state index is 0.0959. The quantitative estimate of drug-likeness (QED) is 0.500. The molecule has 0 aliphatic rings. The number of amides is 3. The van der Waals surface area contributed by atoms with Crippen molar-refractivity contribution in [3.63, 3.8) is 0 Å². The van der Waals surface area contributed by atoms with E-state index in [-0.39, 0.29) is 17.5 Å². The molecule has 0 fully saturated rings. The lowest BCUT2D eigenvalue weighted by Crippen LogP contribution is -2.43. The molecule has 0 aliphatic carbocycles. The lowest BCUT2D eigenvalue weighted by molar-refractivity contribution is -0.117. The number of nitrogens with zero attached hydrogens (tertiary/aromatic N) is 3. The fourth-order valence-corrected chi connectivity index (χ4v) is 3.60. The number of para-hydroxylation sites is 1. The van der Waals surface area contributed by atoms with Gasteiger partial charge >= 0.3 is 6.03 Å². The first-order valence-electron chi connectivity index (χ1n) is 10.1. The standard InChI is InChI=1S/C22H24FN5O3S/c1-4-31-16-11-9-15(10-12-16)20-26-27-22(28(20)18-8-6-5-7-17(18)23)32-13-19(29)25-21(30)24-14(2)3/h5-12,14H,4,13H2,1-3H3,(H2,24,25,29,30). The number of carbonyl (C=O) groups is 2. The number of aromatic nitrogens is 3. The fraction of sp³-hybridized carbons (Fsp3) is 0.273. The molecule has 3 rings (SSSR count). The van der Waals surface area contributed by atoms with Crippen molar-refractivity contribution >= 4 is 23.7 Å². The Hall–Kier alpha value is -3.40. The van der Waals surface area contributed by atoms with Crippen LogP contribution in [0, 0.1) is 5.82 Å². The minimum atomic E-state index is -0.573. The van der Waals surface area contributed by atoms with Gasteiger partial charge in [-0.05, 0) is 57.2 Å². The molecule has 0 radical (unpaired) electrons. The van der Waals surface area contributed by atoms with Crippen molar-refractivity contribution in [2.75, 3.05) is 12.4 Å². The lowest BCUT2D eigenvalue weighted by Gasteiger charge is -2.12. The maximum absolute atomic E-state index is 14.6. The number of hydrogen-bond acceptors (Lipinski definition) is 6. The van der Waals surface area contributed by atoms with Gasteiger partial charge in [-0.3, -0.25) is 14.7 Å². The second-order valence-corrected chi connectivity index (χ2v) is 7.96. The number of halogens is 1. The van der Waals surface area contributed by atoms with Crippen LogP contribution in [0.15, 0.2) is 53.7 Å². The van der Waals surface area contributed by atoms with E-state index in [2.05, 4.69) is 20.8 Å². The van der Waals surface area contributed by atoms with Crippen molar-refractivity contribution in [3.8, 4) is 22.8 Å². The van der Waals surface area contributed by atoms with Crippen LogP contribution in [-0.4, -0.2) is 45.1 Å². The number of imide groups is 1. The average molecular weight is 458 g/mol. The number of hydrogen-bond donors (Lipinski definition) is 2. The Labute approximate surface area is 189 Å². The molecule has 2 aromatic carbocycles. The highest BCUT2D eigenvalue weighted by molar-refractivity contribution is 7.99. The van der Waals surface area contributed by atoms with E-state index in [0.717, 1.165) is 11.8 Å². The van der Waals surface area contributed by atoms with E-state index in [4.69, 9.17) is 4.74 Å². The van der Waals surface area contributed by atoms with Crippen molar-refractivity contribution in [1.29, 1.82) is 0 Å². The summed E-state index contributed by atoms with van der Waals surface area (Å²) < 4.78 is 21.7. The molecule has 0 bridgehead atoms. The zero-order valence-corrected chi connectivity index (χ0v) is 18.8. The van der Waals surface area contributed by atoms with Crippen LogP contribution in [0.2, 0.25) is 0 Å². The zero-order valence-electron chi connectivity index (χ0n) is 18.0. The first-order valence-corrected chi connectivity index (χ1v) is 11.0. The number of carbonyl (C=O) groups excluding carboxylic acids is 2. The van der Waals surface area contributed by atoms with Gasteiger partial charge in [0.1, 0.15) is 11.6 Å². The van der Waals surface area contributed by atoms with Crippen LogP contribution in [0.5, 0.6) is 5.75 Å². The largest absolute Gasteiger partial charge is 0.494 e. The normalized spacial score (nSPS) is 10.8. The lowest BCUT2D eigenvalue weighted by atomic mass is 10.2. The third-order valence-corrected chi connectivity index (χ3v) is 5.08. The predicted octanol–water partition coefficient (Wildman–Crippen LogP) is 3.80. The molecule has 2 N–H and O–H groups in total. The van der Waals surface area contributed by atoms with E-state index in [1.807, 2.05) is 19.1 Å². The maximum Gasteiger partial charge on any atom is 0.321 e. The Morgan fingerprint density at radius 1 is 1.12 bits per heavy atom. The number of thioether (sulfide) groups is 1. The summed E-state index contributed by atoms with van der Waals surface area (Å²) >= 11 is 1.05. The predicted molar refractivity (Wildman–Crippen MR) is 120 cm³/mol. The molecule has 32 heavy (non-hydrogen) atoms. The summed E-state index contributed by atoms with van der Waals surface area (Å²) in [5.74, 6) is 0.0696. The van der Waals surface area contributed by atoms with E-state index < -0.39 is 17.8 Å². The highest BCUT2D eigenvalue weighted by Gasteiger charge is 2.20. The highest BCUT2D eigenvalue weighted by atomic mass is 32.2. The Bertz CT molecular complexity index is 1090. The van der Waals surface area contributed by atoms with Crippen LogP contribution in [0.1, 0.15) is 20.8 Å². The maximum atomic E-state index is 14.6. The van der Waals surface area contributed by atoms with Crippen LogP contribution in [0.25, 0.3) is 17.1 Å². The monoisotopic (exact) mass is 457 g/mol. The molecule has 0 aliphatic heterocycles. The van der Waals surface area contributed by atoms with Gasteiger partial charge in [-0.15, -0.1) is 10.2 Å². The van der Waals surface area contributed by atoms with Gasteiger partial charge in [-0.1, -0.05) is 23.9 Å². The molecule has 10 heteroatoms. The highest BCUT2D eigenvalue weighted by Crippen LogP contribution is 2.30. The number of nitrogens with one attached hydrogen (secondary N) is 2. The second kappa shape index (κ2) is 10.8. The van der Waals surface area contributed by atoms with Gasteiger partial charge in [0.2, 0.25) is 5.91 Å². The van der Waals surface area contributed by atoms with Gasteiger partial charge in [-0.2, -0.15) is 0 Å². The van der Waals surface area contributed by atoms with E-state index in [1.54, 1.807) is 48.7 Å². The van der Waals surface area contributed by atoms with Gasteiger partial charge in [0.05, 0.1) is 18.0 Å². The Morgan fingerprint density at radius 2 is 1.84 bits per heavy atom. The fourth-order valence-electron chi connectivity index (χ4n) is 2.86. The molecule has 8 nitrogen and oxygen atoms in total. The van der Waals surface area contributed by atoms with E-state index in [0.29, 0.717) is 28.9 Å². The molecule has 1 aromatic heterocycles. The van der Waals surface area contributed by atoms with Gasteiger partial charge in [0.25, 0.3) is 0 Å². The summed E-state index contributed by atoms with van der Waals surface area (Å²) in [5, 5.41) is 13.6. The summed E-state index contributed by atoms with van der Waals surface area (Å²) in [6.07, 6.45) is 0. The average Bonchev–Trinajstić information content (AvgIpc) is 3.16. The van der Waals surface area contributed by atoms with Gasteiger partial charge < -0.3 is 10.1 Å². The Morgan fingerprint density at radius 3 is 2.50 bits per heavy atom. The third kappa shape index (κ3) is 5.85. The zero-order chi connectivity index (χ0) is 23.1. The summed E-state index contributed by atoms with van der Waals surface area (Å²) in [6.45, 7) is 6.02. The molecule has 3 aromatic rings. The Balaban J connectivity index is 1.88. The van der Waals surface area contributed by atoms with Crippen LogP contribution < -0.4 is 15.4 Å². The molecule has 0 saturated carbocycles.